The zero-order chi connectivity index (χ0) is 9.61. The SMILES string of the molecule is CS(=O)(=O)CCCCNC([NH])=O. The van der Waals surface area contributed by atoms with Crippen molar-refractivity contribution in [1.29, 1.82) is 0 Å². The standard InChI is InChI=1S/C6H13N2O3S/c1-12(10,11)5-3-2-4-8-6(7)9/h7H,2-5H2,1H3,(H,8,9). The van der Waals surface area contributed by atoms with Crippen molar-refractivity contribution in [3.05, 3.63) is 0 Å². The number of nitrogens with one attached hydrogen (secondary N) is 2. The number of carbonyl (C=O) groups excluding carboxylic acids is 1. The van der Waals surface area contributed by atoms with Gasteiger partial charge in [-0.15, -0.1) is 0 Å². The van der Waals surface area contributed by atoms with Crippen LogP contribution in [0.5, 0.6) is 0 Å². The van der Waals surface area contributed by atoms with Crippen LogP contribution in [0.15, 0.2) is 0 Å². The summed E-state index contributed by atoms with van der Waals surface area (Å²) in [5, 5.41) is 2.26. The zero-order valence-corrected chi connectivity index (χ0v) is 7.78. The van der Waals surface area contributed by atoms with Gasteiger partial charge in [-0.25, -0.2) is 18.9 Å². The molecule has 0 aromatic heterocycles. The van der Waals surface area contributed by atoms with Crippen molar-refractivity contribution in [1.82, 2.24) is 11.1 Å². The Bertz CT molecular complexity index is 235. The Morgan fingerprint density at radius 1 is 1.42 bits per heavy atom. The first-order valence-corrected chi connectivity index (χ1v) is 5.65. The molecule has 2 amide bonds. The topological polar surface area (TPSA) is 87.0 Å². The van der Waals surface area contributed by atoms with Crippen LogP contribution in [-0.2, 0) is 9.84 Å². The molecule has 71 valence electrons. The maximum atomic E-state index is 10.6. The van der Waals surface area contributed by atoms with Gasteiger partial charge in [0.1, 0.15) is 9.84 Å². The number of carbonyl (C=O) groups is 1. The van der Waals surface area contributed by atoms with Gasteiger partial charge in [0.2, 0.25) is 0 Å². The van der Waals surface area contributed by atoms with Gasteiger partial charge >= 0.3 is 6.03 Å². The molecule has 0 bridgehead atoms. The van der Waals surface area contributed by atoms with E-state index in [1.165, 1.54) is 6.26 Å². The number of urea groups is 1. The molecule has 1 radical (unpaired) electrons. The second-order valence-corrected chi connectivity index (χ2v) is 4.85. The lowest BCUT2D eigenvalue weighted by Gasteiger charge is -1.99. The molecule has 0 saturated heterocycles. The first kappa shape index (κ1) is 11.2. The summed E-state index contributed by atoms with van der Waals surface area (Å²) < 4.78 is 21.2. The van der Waals surface area contributed by atoms with Gasteiger partial charge in [-0.1, -0.05) is 0 Å². The smallest absolute Gasteiger partial charge is 0.333 e. The highest BCUT2D eigenvalue weighted by Gasteiger charge is 2.00. The number of sulfone groups is 1. The summed E-state index contributed by atoms with van der Waals surface area (Å²) >= 11 is 0. The van der Waals surface area contributed by atoms with E-state index in [1.54, 1.807) is 0 Å². The number of rotatable bonds is 5. The third-order valence-corrected chi connectivity index (χ3v) is 2.26. The lowest BCUT2D eigenvalue weighted by Crippen LogP contribution is -2.23. The molecule has 6 heteroatoms. The van der Waals surface area contributed by atoms with Crippen LogP contribution in [0.1, 0.15) is 12.8 Å². The number of hydrogen-bond donors (Lipinski definition) is 1. The molecular formula is C6H13N2O3S. The largest absolute Gasteiger partial charge is 0.337 e. The van der Waals surface area contributed by atoms with E-state index >= 15 is 0 Å². The van der Waals surface area contributed by atoms with Gasteiger partial charge in [0.25, 0.3) is 0 Å². The molecule has 0 unspecified atom stereocenters. The summed E-state index contributed by atoms with van der Waals surface area (Å²) in [7, 11) is -2.88. The van der Waals surface area contributed by atoms with E-state index in [0.29, 0.717) is 19.4 Å². The van der Waals surface area contributed by atoms with Crippen LogP contribution in [0.2, 0.25) is 0 Å². The Hall–Kier alpha value is -0.780. The Labute approximate surface area is 72.2 Å². The highest BCUT2D eigenvalue weighted by molar-refractivity contribution is 7.90. The highest BCUT2D eigenvalue weighted by Crippen LogP contribution is 1.92. The quantitative estimate of drug-likeness (QED) is 0.613. The normalized spacial score (nSPS) is 11.1. The van der Waals surface area contributed by atoms with E-state index in [4.69, 9.17) is 5.73 Å². The minimum atomic E-state index is -2.88. The second kappa shape index (κ2) is 4.97. The molecule has 2 N–H and O–H groups in total. The van der Waals surface area contributed by atoms with Gasteiger partial charge in [-0.05, 0) is 12.8 Å². The fourth-order valence-corrected chi connectivity index (χ4v) is 1.42. The van der Waals surface area contributed by atoms with Crippen molar-refractivity contribution < 1.29 is 13.2 Å². The molecular weight excluding hydrogens is 180 g/mol. The minimum Gasteiger partial charge on any atom is -0.337 e. The molecule has 0 fully saturated rings. The summed E-state index contributed by atoms with van der Waals surface area (Å²) in [6, 6.07) is -0.825. The Morgan fingerprint density at radius 3 is 2.42 bits per heavy atom. The van der Waals surface area contributed by atoms with E-state index in [1.807, 2.05) is 0 Å². The van der Waals surface area contributed by atoms with Crippen LogP contribution < -0.4 is 11.1 Å². The van der Waals surface area contributed by atoms with E-state index in [9.17, 15) is 13.2 Å². The summed E-state index contributed by atoms with van der Waals surface area (Å²) in [5.74, 6) is 0.140. The molecule has 0 heterocycles. The maximum absolute atomic E-state index is 10.6. The third kappa shape index (κ3) is 9.22. The van der Waals surface area contributed by atoms with Crippen molar-refractivity contribution >= 4 is 15.9 Å². The first-order valence-electron chi connectivity index (χ1n) is 3.59. The maximum Gasteiger partial charge on any atom is 0.333 e. The lowest BCUT2D eigenvalue weighted by molar-refractivity contribution is 0.247. The Morgan fingerprint density at radius 2 is 2.00 bits per heavy atom. The zero-order valence-electron chi connectivity index (χ0n) is 6.96. The Balaban J connectivity index is 3.29. The van der Waals surface area contributed by atoms with Gasteiger partial charge in [0.15, 0.2) is 0 Å². The molecule has 0 aromatic rings. The van der Waals surface area contributed by atoms with Gasteiger partial charge < -0.3 is 5.32 Å². The van der Waals surface area contributed by atoms with E-state index in [2.05, 4.69) is 5.32 Å². The molecule has 5 nitrogen and oxygen atoms in total. The summed E-state index contributed by atoms with van der Waals surface area (Å²) in [4.78, 5) is 10.0. The number of amides is 2. The molecule has 0 atom stereocenters. The highest BCUT2D eigenvalue weighted by atomic mass is 32.2. The van der Waals surface area contributed by atoms with Crippen molar-refractivity contribution in [2.45, 2.75) is 12.8 Å². The number of unbranched alkanes of at least 4 members (excludes halogenated alkanes) is 1. The number of hydrogen-bond acceptors (Lipinski definition) is 3. The predicted octanol–water partition coefficient (Wildman–Crippen LogP) is -0.196. The molecule has 0 aliphatic heterocycles. The van der Waals surface area contributed by atoms with Crippen LogP contribution in [0.25, 0.3) is 0 Å². The molecule has 0 spiro atoms. The average molecular weight is 193 g/mol. The third-order valence-electron chi connectivity index (χ3n) is 1.23. The van der Waals surface area contributed by atoms with Gasteiger partial charge in [-0.2, -0.15) is 0 Å². The minimum absolute atomic E-state index is 0.140. The van der Waals surface area contributed by atoms with Crippen LogP contribution >= 0.6 is 0 Å². The van der Waals surface area contributed by atoms with Gasteiger partial charge in [0, 0.05) is 18.6 Å². The summed E-state index contributed by atoms with van der Waals surface area (Å²) in [6.45, 7) is 0.373. The van der Waals surface area contributed by atoms with Crippen LogP contribution in [0, 0.1) is 0 Å². The molecule has 0 rings (SSSR count). The fraction of sp³-hybridized carbons (Fsp3) is 0.833. The Kier molecular flexibility index (Phi) is 4.65. The molecule has 0 aliphatic carbocycles. The van der Waals surface area contributed by atoms with Crippen molar-refractivity contribution in [3.8, 4) is 0 Å². The van der Waals surface area contributed by atoms with Crippen LogP contribution in [0.3, 0.4) is 0 Å². The molecule has 0 aliphatic rings. The summed E-state index contributed by atoms with van der Waals surface area (Å²) in [5.41, 5.74) is 6.47. The summed E-state index contributed by atoms with van der Waals surface area (Å²) in [6.07, 6.45) is 2.30. The molecule has 12 heavy (non-hydrogen) atoms. The molecule has 0 saturated carbocycles. The first-order chi connectivity index (χ1) is 5.42. The van der Waals surface area contributed by atoms with E-state index < -0.39 is 15.9 Å². The van der Waals surface area contributed by atoms with Crippen molar-refractivity contribution in [2.24, 2.45) is 0 Å². The fourth-order valence-electron chi connectivity index (χ4n) is 0.691. The van der Waals surface area contributed by atoms with Gasteiger partial charge in [0.05, 0.1) is 0 Å². The van der Waals surface area contributed by atoms with E-state index in [0.717, 1.165) is 0 Å². The molecule has 0 aromatic carbocycles. The van der Waals surface area contributed by atoms with Crippen molar-refractivity contribution in [3.63, 3.8) is 0 Å². The average Bonchev–Trinajstić information content (AvgIpc) is 1.83. The predicted molar refractivity (Wildman–Crippen MR) is 45.4 cm³/mol. The van der Waals surface area contributed by atoms with Crippen LogP contribution in [0.4, 0.5) is 4.79 Å². The van der Waals surface area contributed by atoms with E-state index in [-0.39, 0.29) is 5.75 Å². The lowest BCUT2D eigenvalue weighted by atomic mass is 10.3. The monoisotopic (exact) mass is 193 g/mol. The van der Waals surface area contributed by atoms with Crippen molar-refractivity contribution in [2.75, 3.05) is 18.6 Å². The van der Waals surface area contributed by atoms with Gasteiger partial charge in [-0.3, -0.25) is 0 Å². The van der Waals surface area contributed by atoms with Crippen LogP contribution in [-0.4, -0.2) is 33.0 Å². The second-order valence-electron chi connectivity index (χ2n) is 2.59.